The molecule has 1 N–H and O–H groups in total. The number of esters is 1. The molecule has 2 saturated carbocycles. The van der Waals surface area contributed by atoms with Gasteiger partial charge in [-0.05, 0) is 37.0 Å². The maximum Gasteiger partial charge on any atom is 0.340 e. The summed E-state index contributed by atoms with van der Waals surface area (Å²) in [6, 6.07) is 3.13. The summed E-state index contributed by atoms with van der Waals surface area (Å²) in [6.45, 7) is 0. The van der Waals surface area contributed by atoms with Gasteiger partial charge in [0.1, 0.15) is 0 Å². The molecule has 2 fully saturated rings. The molecule has 1 aromatic rings. The Morgan fingerprint density at radius 3 is 2.36 bits per heavy atom. The molecule has 0 heterocycles. The highest BCUT2D eigenvalue weighted by Gasteiger charge is 2.40. The predicted octanol–water partition coefficient (Wildman–Crippen LogP) is 3.26. The second-order valence-electron chi connectivity index (χ2n) is 6.93. The van der Waals surface area contributed by atoms with Crippen LogP contribution in [0.15, 0.2) is 12.1 Å². The minimum Gasteiger partial charge on any atom is -0.493 e. The first-order valence-corrected chi connectivity index (χ1v) is 8.69. The molecular weight excluding hydrogens is 322 g/mol. The first kappa shape index (κ1) is 17.6. The van der Waals surface area contributed by atoms with Gasteiger partial charge >= 0.3 is 5.97 Å². The van der Waals surface area contributed by atoms with Gasteiger partial charge in [-0.15, -0.1) is 0 Å². The molecule has 25 heavy (non-hydrogen) atoms. The molecule has 3 rings (SSSR count). The van der Waals surface area contributed by atoms with Crippen molar-refractivity contribution < 1.29 is 23.8 Å². The van der Waals surface area contributed by atoms with Crippen LogP contribution in [0.3, 0.4) is 0 Å². The van der Waals surface area contributed by atoms with E-state index < -0.39 is 5.97 Å². The lowest BCUT2D eigenvalue weighted by Gasteiger charge is -2.21. The van der Waals surface area contributed by atoms with E-state index >= 15 is 0 Å². The fraction of sp³-hybridized carbons (Fsp3) is 0.579. The highest BCUT2D eigenvalue weighted by atomic mass is 16.5. The van der Waals surface area contributed by atoms with Gasteiger partial charge in [0.05, 0.1) is 32.6 Å². The maximum absolute atomic E-state index is 12.5. The van der Waals surface area contributed by atoms with E-state index in [9.17, 15) is 9.59 Å². The third-order valence-electron chi connectivity index (χ3n) is 5.54. The Balaban J connectivity index is 1.77. The third-order valence-corrected chi connectivity index (χ3v) is 5.54. The van der Waals surface area contributed by atoms with Crippen molar-refractivity contribution in [1.29, 1.82) is 0 Å². The number of carbonyl (C=O) groups is 2. The first-order chi connectivity index (χ1) is 12.0. The van der Waals surface area contributed by atoms with Gasteiger partial charge in [-0.25, -0.2) is 4.79 Å². The standard InChI is InChI=1S/C19H25NO5/c1-23-16-9-14(19(22)25-3)15(10-17(16)24-2)20-18(21)8-13-7-11-4-5-12(13)6-11/h9-13H,4-8H2,1-3H3,(H,20,21)/t11-,12+,13-/m1/s1. The predicted molar refractivity (Wildman–Crippen MR) is 93.1 cm³/mol. The monoisotopic (exact) mass is 347 g/mol. The molecule has 6 nitrogen and oxygen atoms in total. The number of rotatable bonds is 6. The Morgan fingerprint density at radius 1 is 1.08 bits per heavy atom. The summed E-state index contributed by atoms with van der Waals surface area (Å²) in [6.07, 6.45) is 5.46. The number of hydrogen-bond donors (Lipinski definition) is 1. The van der Waals surface area contributed by atoms with Crippen molar-refractivity contribution in [3.05, 3.63) is 17.7 Å². The second kappa shape index (κ2) is 7.33. The summed E-state index contributed by atoms with van der Waals surface area (Å²) in [5, 5.41) is 2.86. The van der Waals surface area contributed by atoms with Crippen LogP contribution in [0, 0.1) is 17.8 Å². The normalized spacial score (nSPS) is 24.0. The molecule has 2 bridgehead atoms. The topological polar surface area (TPSA) is 73.9 Å². The van der Waals surface area contributed by atoms with Gasteiger partial charge in [0.2, 0.25) is 5.91 Å². The summed E-state index contributed by atoms with van der Waals surface area (Å²) in [5.74, 6) is 2.20. The second-order valence-corrected chi connectivity index (χ2v) is 6.93. The van der Waals surface area contributed by atoms with Crippen molar-refractivity contribution in [2.75, 3.05) is 26.6 Å². The van der Waals surface area contributed by atoms with Crippen LogP contribution in [0.25, 0.3) is 0 Å². The van der Waals surface area contributed by atoms with Gasteiger partial charge in [-0.3, -0.25) is 4.79 Å². The number of fused-ring (bicyclic) bond motifs is 2. The van der Waals surface area contributed by atoms with Crippen LogP contribution >= 0.6 is 0 Å². The van der Waals surface area contributed by atoms with Crippen LogP contribution < -0.4 is 14.8 Å². The summed E-state index contributed by atoms with van der Waals surface area (Å²) < 4.78 is 15.3. The number of carbonyl (C=O) groups excluding carboxylic acids is 2. The molecule has 0 aliphatic heterocycles. The first-order valence-electron chi connectivity index (χ1n) is 8.69. The van der Waals surface area contributed by atoms with Crippen LogP contribution in [0.1, 0.15) is 42.5 Å². The van der Waals surface area contributed by atoms with Gasteiger partial charge in [-0.1, -0.05) is 6.42 Å². The van der Waals surface area contributed by atoms with Gasteiger partial charge in [0, 0.05) is 18.6 Å². The molecule has 0 aromatic heterocycles. The summed E-state index contributed by atoms with van der Waals surface area (Å²) >= 11 is 0. The van der Waals surface area contributed by atoms with Crippen LogP contribution in [0.5, 0.6) is 11.5 Å². The lowest BCUT2D eigenvalue weighted by Crippen LogP contribution is -2.21. The van der Waals surface area contributed by atoms with Crippen LogP contribution in [-0.2, 0) is 9.53 Å². The van der Waals surface area contributed by atoms with E-state index in [-0.39, 0.29) is 11.5 Å². The largest absolute Gasteiger partial charge is 0.493 e. The summed E-state index contributed by atoms with van der Waals surface area (Å²) in [7, 11) is 4.31. The average molecular weight is 347 g/mol. The average Bonchev–Trinajstić information content (AvgIpc) is 3.23. The van der Waals surface area contributed by atoms with E-state index in [0.29, 0.717) is 35.4 Å². The van der Waals surface area contributed by atoms with E-state index in [0.717, 1.165) is 12.3 Å². The fourth-order valence-corrected chi connectivity index (χ4v) is 4.33. The van der Waals surface area contributed by atoms with Crippen molar-refractivity contribution in [1.82, 2.24) is 0 Å². The Kier molecular flexibility index (Phi) is 5.16. The Bertz CT molecular complexity index is 672. The molecule has 136 valence electrons. The number of ether oxygens (including phenoxy) is 3. The van der Waals surface area contributed by atoms with Gasteiger partial charge in [0.25, 0.3) is 0 Å². The van der Waals surface area contributed by atoms with E-state index in [1.807, 2.05) is 0 Å². The zero-order chi connectivity index (χ0) is 18.0. The molecule has 0 radical (unpaired) electrons. The number of anilines is 1. The van der Waals surface area contributed by atoms with Crippen LogP contribution in [-0.4, -0.2) is 33.2 Å². The maximum atomic E-state index is 12.5. The molecule has 0 unspecified atom stereocenters. The number of benzene rings is 1. The quantitative estimate of drug-likeness (QED) is 0.800. The molecule has 2 aliphatic rings. The lowest BCUT2D eigenvalue weighted by atomic mass is 9.86. The molecule has 0 spiro atoms. The van der Waals surface area contributed by atoms with E-state index in [4.69, 9.17) is 14.2 Å². The van der Waals surface area contributed by atoms with Crippen molar-refractivity contribution in [3.8, 4) is 11.5 Å². The smallest absolute Gasteiger partial charge is 0.340 e. The lowest BCUT2D eigenvalue weighted by molar-refractivity contribution is -0.117. The van der Waals surface area contributed by atoms with Gasteiger partial charge in [-0.2, -0.15) is 0 Å². The Hall–Kier alpha value is -2.24. The van der Waals surface area contributed by atoms with Crippen molar-refractivity contribution in [2.24, 2.45) is 17.8 Å². The zero-order valence-corrected chi connectivity index (χ0v) is 15.0. The molecule has 1 amide bonds. The molecule has 3 atom stereocenters. The molecule has 1 aromatic carbocycles. The zero-order valence-electron chi connectivity index (χ0n) is 15.0. The van der Waals surface area contributed by atoms with Crippen molar-refractivity contribution in [2.45, 2.75) is 32.1 Å². The van der Waals surface area contributed by atoms with Gasteiger partial charge < -0.3 is 19.5 Å². The number of amides is 1. The van der Waals surface area contributed by atoms with Crippen LogP contribution in [0.2, 0.25) is 0 Å². The minimum absolute atomic E-state index is 0.0741. The molecule has 0 saturated heterocycles. The Labute approximate surface area is 147 Å². The summed E-state index contributed by atoms with van der Waals surface area (Å²) in [5.41, 5.74) is 0.638. The van der Waals surface area contributed by atoms with Gasteiger partial charge in [0.15, 0.2) is 11.5 Å². The third kappa shape index (κ3) is 3.57. The highest BCUT2D eigenvalue weighted by molar-refractivity contribution is 6.02. The van der Waals surface area contributed by atoms with E-state index in [2.05, 4.69) is 5.32 Å². The van der Waals surface area contributed by atoms with Crippen LogP contribution in [0.4, 0.5) is 5.69 Å². The fourth-order valence-electron chi connectivity index (χ4n) is 4.33. The molecular formula is C19H25NO5. The molecule has 6 heteroatoms. The summed E-state index contributed by atoms with van der Waals surface area (Å²) in [4.78, 5) is 24.6. The van der Waals surface area contributed by atoms with Crippen molar-refractivity contribution in [3.63, 3.8) is 0 Å². The number of hydrogen-bond acceptors (Lipinski definition) is 5. The Morgan fingerprint density at radius 2 is 1.80 bits per heavy atom. The number of methoxy groups -OCH3 is 3. The minimum atomic E-state index is -0.531. The van der Waals surface area contributed by atoms with E-state index in [1.165, 1.54) is 46.7 Å². The van der Waals surface area contributed by atoms with E-state index in [1.54, 1.807) is 6.07 Å². The molecule has 2 aliphatic carbocycles. The number of nitrogens with one attached hydrogen (secondary N) is 1. The van der Waals surface area contributed by atoms with Crippen molar-refractivity contribution >= 4 is 17.6 Å². The highest BCUT2D eigenvalue weighted by Crippen LogP contribution is 2.49. The SMILES string of the molecule is COC(=O)c1cc(OC)c(OC)cc1NC(=O)C[C@H]1C[C@@H]2CC[C@H]1C2.